The second kappa shape index (κ2) is 11.1. The third-order valence-electron chi connectivity index (χ3n) is 8.73. The number of unbranched alkanes of at least 4 members (excludes halogenated alkanes) is 1. The van der Waals surface area contributed by atoms with E-state index < -0.39 is 39.0 Å². The second-order valence-corrected chi connectivity index (χ2v) is 14.0. The van der Waals surface area contributed by atoms with Crippen molar-refractivity contribution < 1.29 is 24.2 Å². The molecule has 0 aromatic rings. The quantitative estimate of drug-likeness (QED) is 0.229. The smallest absolute Gasteiger partial charge is 0.311 e. The predicted octanol–water partition coefficient (Wildman–Crippen LogP) is 4.20. The summed E-state index contributed by atoms with van der Waals surface area (Å²) in [6, 6.07) is -1.27. The molecule has 2 amide bonds. The highest BCUT2D eigenvalue weighted by Crippen LogP contribution is 2.72. The number of carbonyl (C=O) groups excluding carboxylic acids is 3. The number of fused-ring (bicyclic) bond motifs is 1. The van der Waals surface area contributed by atoms with Crippen LogP contribution in [0.2, 0.25) is 0 Å². The van der Waals surface area contributed by atoms with Crippen molar-refractivity contribution in [3.8, 4) is 0 Å². The molecule has 2 unspecified atom stereocenters. The fourth-order valence-corrected chi connectivity index (χ4v) is 8.96. The Labute approximate surface area is 227 Å². The number of aliphatic hydroxyl groups is 1. The van der Waals surface area contributed by atoms with Crippen molar-refractivity contribution in [1.82, 2.24) is 9.80 Å². The van der Waals surface area contributed by atoms with Gasteiger partial charge in [-0.1, -0.05) is 32.4 Å². The van der Waals surface area contributed by atoms with Crippen molar-refractivity contribution in [3.63, 3.8) is 0 Å². The fraction of sp³-hybridized carbons (Fsp3) is 0.759. The summed E-state index contributed by atoms with van der Waals surface area (Å²) < 4.78 is 4.48. The minimum absolute atomic E-state index is 0.0101. The number of hydrogen-bond donors (Lipinski definition) is 1. The lowest BCUT2D eigenvalue weighted by Crippen LogP contribution is -2.61. The molecule has 3 heterocycles. The zero-order chi connectivity index (χ0) is 27.8. The number of aliphatic hydroxyl groups excluding tert-OH is 1. The summed E-state index contributed by atoms with van der Waals surface area (Å²) in [6.45, 7) is 20.0. The number of rotatable bonds is 12. The molecule has 3 aliphatic heterocycles. The van der Waals surface area contributed by atoms with Crippen LogP contribution in [0.25, 0.3) is 0 Å². The zero-order valence-electron chi connectivity index (χ0n) is 23.5. The van der Waals surface area contributed by atoms with Crippen LogP contribution < -0.4 is 0 Å². The van der Waals surface area contributed by atoms with Gasteiger partial charge in [-0.15, -0.1) is 24.9 Å². The molecule has 0 aliphatic carbocycles. The van der Waals surface area contributed by atoms with Gasteiger partial charge in [-0.25, -0.2) is 0 Å². The van der Waals surface area contributed by atoms with E-state index >= 15 is 0 Å². The van der Waals surface area contributed by atoms with E-state index in [1.54, 1.807) is 33.7 Å². The Balaban J connectivity index is 2.11. The number of amides is 2. The number of ether oxygens (including phenoxy) is 1. The van der Waals surface area contributed by atoms with Gasteiger partial charge in [-0.05, 0) is 59.3 Å². The highest BCUT2D eigenvalue weighted by molar-refractivity contribution is 8.02. The maximum absolute atomic E-state index is 14.5. The fourth-order valence-electron chi connectivity index (χ4n) is 6.63. The number of esters is 1. The van der Waals surface area contributed by atoms with Gasteiger partial charge in [0.15, 0.2) is 0 Å². The maximum atomic E-state index is 14.5. The van der Waals surface area contributed by atoms with Gasteiger partial charge in [-0.3, -0.25) is 14.4 Å². The summed E-state index contributed by atoms with van der Waals surface area (Å²) in [5.74, 6) is -1.97. The van der Waals surface area contributed by atoms with E-state index in [1.165, 1.54) is 0 Å². The van der Waals surface area contributed by atoms with Gasteiger partial charge >= 0.3 is 5.97 Å². The largest absolute Gasteiger partial charge is 0.465 e. The van der Waals surface area contributed by atoms with Gasteiger partial charge in [0.1, 0.15) is 6.04 Å². The van der Waals surface area contributed by atoms with E-state index in [0.29, 0.717) is 19.4 Å². The lowest BCUT2D eigenvalue weighted by atomic mass is 9.66. The molecule has 3 saturated heterocycles. The topological polar surface area (TPSA) is 87.1 Å². The summed E-state index contributed by atoms with van der Waals surface area (Å²) in [5.41, 5.74) is -0.492. The van der Waals surface area contributed by atoms with Crippen molar-refractivity contribution in [2.45, 2.75) is 101 Å². The van der Waals surface area contributed by atoms with Crippen molar-refractivity contribution >= 4 is 29.5 Å². The van der Waals surface area contributed by atoms with E-state index in [2.05, 4.69) is 13.2 Å². The highest BCUT2D eigenvalue weighted by atomic mass is 32.2. The molecule has 7 atom stereocenters. The molecule has 3 fully saturated rings. The van der Waals surface area contributed by atoms with Gasteiger partial charge in [0, 0.05) is 16.8 Å². The Hall–Kier alpha value is -1.80. The minimum Gasteiger partial charge on any atom is -0.465 e. The van der Waals surface area contributed by atoms with E-state index in [1.807, 2.05) is 41.5 Å². The van der Waals surface area contributed by atoms with Crippen LogP contribution in [-0.2, 0) is 19.1 Å². The lowest BCUT2D eigenvalue weighted by Gasteiger charge is -2.44. The molecule has 0 aromatic carbocycles. The Morgan fingerprint density at radius 2 is 1.97 bits per heavy atom. The van der Waals surface area contributed by atoms with Gasteiger partial charge < -0.3 is 19.6 Å². The molecule has 1 spiro atoms. The van der Waals surface area contributed by atoms with Gasteiger partial charge in [0.2, 0.25) is 11.8 Å². The van der Waals surface area contributed by atoms with E-state index in [0.717, 1.165) is 19.3 Å². The van der Waals surface area contributed by atoms with Crippen LogP contribution in [0.15, 0.2) is 25.3 Å². The van der Waals surface area contributed by atoms with Crippen LogP contribution >= 0.6 is 11.8 Å². The molecule has 208 valence electrons. The van der Waals surface area contributed by atoms with Crippen LogP contribution in [0, 0.1) is 17.8 Å². The van der Waals surface area contributed by atoms with Crippen LogP contribution in [0.1, 0.15) is 73.6 Å². The maximum Gasteiger partial charge on any atom is 0.311 e. The summed E-state index contributed by atoms with van der Waals surface area (Å²) in [7, 11) is 0. The van der Waals surface area contributed by atoms with E-state index in [4.69, 9.17) is 4.74 Å². The van der Waals surface area contributed by atoms with Crippen LogP contribution in [0.5, 0.6) is 0 Å². The molecule has 0 saturated carbocycles. The first kappa shape index (κ1) is 29.8. The first-order valence-electron chi connectivity index (χ1n) is 13.7. The molecule has 1 N–H and O–H groups in total. The third-order valence-corrected chi connectivity index (χ3v) is 10.7. The van der Waals surface area contributed by atoms with Crippen molar-refractivity contribution in [2.24, 2.45) is 17.8 Å². The van der Waals surface area contributed by atoms with Gasteiger partial charge in [0.05, 0.1) is 35.8 Å². The highest BCUT2D eigenvalue weighted by Gasteiger charge is 2.78. The molecule has 3 rings (SSSR count). The normalized spacial score (nSPS) is 32.1. The molecule has 0 radical (unpaired) electrons. The summed E-state index contributed by atoms with van der Waals surface area (Å²) in [5, 5.41) is 10.5. The van der Waals surface area contributed by atoms with Gasteiger partial charge in [-0.2, -0.15) is 0 Å². The number of nitrogens with zero attached hydrogens (tertiary/aromatic N) is 2. The summed E-state index contributed by atoms with van der Waals surface area (Å²) in [6.07, 6.45) is 7.09. The third kappa shape index (κ3) is 5.00. The van der Waals surface area contributed by atoms with Gasteiger partial charge in [0.25, 0.3) is 0 Å². The Morgan fingerprint density at radius 3 is 2.51 bits per heavy atom. The lowest BCUT2D eigenvalue weighted by molar-refractivity contribution is -0.156. The number of hydrogen-bond acceptors (Lipinski definition) is 6. The van der Waals surface area contributed by atoms with E-state index in [-0.39, 0.29) is 36.9 Å². The Morgan fingerprint density at radius 1 is 1.30 bits per heavy atom. The summed E-state index contributed by atoms with van der Waals surface area (Å²) in [4.78, 5) is 45.8. The van der Waals surface area contributed by atoms with Crippen LogP contribution in [0.4, 0.5) is 0 Å². The first-order valence-corrected chi connectivity index (χ1v) is 14.5. The number of allylic oxidation sites excluding steroid dienone is 1. The number of carbonyl (C=O) groups is 3. The zero-order valence-corrected chi connectivity index (χ0v) is 24.3. The summed E-state index contributed by atoms with van der Waals surface area (Å²) >= 11 is 1.63. The second-order valence-electron chi connectivity index (χ2n) is 12.1. The standard InChI is InChI=1S/C29H46N2O5S/c1-9-12-13-17-36-26(35)22-21-24(33)31(20(18-32)19(4)11-3)23(29(21)15-14-28(22,8)37-29)25(34)30(16-10-2)27(5,6)7/h9-10,19-23,32H,1-2,11-18H2,3-8H3/t19-,20-,21-,22+,23?,28-,29?/m0/s1. The van der Waals surface area contributed by atoms with E-state index in [9.17, 15) is 19.5 Å². The molecule has 7 nitrogen and oxygen atoms in total. The molecule has 37 heavy (non-hydrogen) atoms. The Bertz CT molecular complexity index is 916. The molecule has 8 heteroatoms. The first-order chi connectivity index (χ1) is 17.3. The Kier molecular flexibility index (Phi) is 8.95. The number of likely N-dealkylation sites (tertiary alicyclic amines) is 1. The monoisotopic (exact) mass is 534 g/mol. The molecule has 0 aromatic heterocycles. The SMILES string of the molecule is C=CCCCOC(=O)[C@H]1[C@H]2C(=O)N([C@@H](CO)[C@@H](C)CC)C(C(=O)N(CC=C)C(C)(C)C)C23CC[C@]1(C)S3. The minimum atomic E-state index is -0.763. The average Bonchev–Trinajstić information content (AvgIpc) is 3.40. The predicted molar refractivity (Wildman–Crippen MR) is 148 cm³/mol. The van der Waals surface area contributed by atoms with Crippen LogP contribution in [-0.4, -0.2) is 79.6 Å². The van der Waals surface area contributed by atoms with Crippen molar-refractivity contribution in [2.75, 3.05) is 19.8 Å². The van der Waals surface area contributed by atoms with Crippen molar-refractivity contribution in [1.29, 1.82) is 0 Å². The molecular formula is C29H46N2O5S. The molecule has 3 aliphatic rings. The molecular weight excluding hydrogens is 488 g/mol. The van der Waals surface area contributed by atoms with Crippen molar-refractivity contribution in [3.05, 3.63) is 25.3 Å². The average molecular weight is 535 g/mol. The van der Waals surface area contributed by atoms with Crippen LogP contribution in [0.3, 0.4) is 0 Å². The number of thioether (sulfide) groups is 1. The molecule has 2 bridgehead atoms.